The van der Waals surface area contributed by atoms with E-state index in [4.69, 9.17) is 10.00 Å². The summed E-state index contributed by atoms with van der Waals surface area (Å²) in [5.41, 5.74) is 2.76. The summed E-state index contributed by atoms with van der Waals surface area (Å²) in [5, 5.41) is 19.5. The molecule has 8 heteroatoms. The van der Waals surface area contributed by atoms with Gasteiger partial charge in [-0.2, -0.15) is 5.26 Å². The second-order valence-electron chi connectivity index (χ2n) is 7.31. The van der Waals surface area contributed by atoms with Crippen LogP contribution < -0.4 is 4.74 Å². The topological polar surface area (TPSA) is 105 Å². The highest BCUT2D eigenvalue weighted by molar-refractivity contribution is 5.90. The molecule has 4 rings (SSSR count). The van der Waals surface area contributed by atoms with Crippen LogP contribution in [0.15, 0.2) is 48.9 Å². The zero-order valence-corrected chi connectivity index (χ0v) is 16.5. The fourth-order valence-corrected chi connectivity index (χ4v) is 3.96. The number of ether oxygens (including phenoxy) is 1. The Morgan fingerprint density at radius 3 is 2.70 bits per heavy atom. The summed E-state index contributed by atoms with van der Waals surface area (Å²) < 4.78 is 5.40. The summed E-state index contributed by atoms with van der Waals surface area (Å²) in [6, 6.07) is 10.6. The van der Waals surface area contributed by atoms with Gasteiger partial charge in [0.1, 0.15) is 17.9 Å². The predicted molar refractivity (Wildman–Crippen MR) is 111 cm³/mol. The summed E-state index contributed by atoms with van der Waals surface area (Å²) in [7, 11) is 0. The number of nitrogens with zero attached hydrogens (tertiary/aromatic N) is 4. The molecule has 1 aromatic carbocycles. The van der Waals surface area contributed by atoms with Gasteiger partial charge in [0.2, 0.25) is 0 Å². The number of carboxylic acid groups (broad SMARTS) is 1. The van der Waals surface area contributed by atoms with Crippen molar-refractivity contribution in [3.05, 3.63) is 60.0 Å². The van der Waals surface area contributed by atoms with Gasteiger partial charge in [0.05, 0.1) is 0 Å². The van der Waals surface area contributed by atoms with E-state index >= 15 is 0 Å². The minimum Gasteiger partial charge on any atom is -0.480 e. The molecule has 2 N–H and O–H groups in total. The van der Waals surface area contributed by atoms with Crippen molar-refractivity contribution in [3.63, 3.8) is 0 Å². The summed E-state index contributed by atoms with van der Waals surface area (Å²) in [5.74, 6) is -0.321. The SMILES string of the molecule is N#CCOc1ccc2[nH]cc([C@H](C(=O)O)N3CCN(Cc4ccncc4)CC3)c2c1. The van der Waals surface area contributed by atoms with E-state index in [-0.39, 0.29) is 6.61 Å². The van der Waals surface area contributed by atoms with Crippen LogP contribution in [0.4, 0.5) is 0 Å². The number of fused-ring (bicyclic) bond motifs is 1. The van der Waals surface area contributed by atoms with Crippen LogP contribution in [0.2, 0.25) is 0 Å². The summed E-state index contributed by atoms with van der Waals surface area (Å²) in [6.45, 7) is 3.71. The van der Waals surface area contributed by atoms with E-state index in [2.05, 4.69) is 14.9 Å². The van der Waals surface area contributed by atoms with Crippen molar-refractivity contribution < 1.29 is 14.6 Å². The third kappa shape index (κ3) is 4.27. The molecule has 0 amide bonds. The lowest BCUT2D eigenvalue weighted by Gasteiger charge is -2.37. The van der Waals surface area contributed by atoms with Crippen LogP contribution in [0.25, 0.3) is 10.9 Å². The van der Waals surface area contributed by atoms with Gasteiger partial charge >= 0.3 is 5.97 Å². The van der Waals surface area contributed by atoms with Crippen LogP contribution in [0, 0.1) is 11.3 Å². The summed E-state index contributed by atoms with van der Waals surface area (Å²) in [4.78, 5) is 23.8. The Balaban J connectivity index is 1.51. The minimum atomic E-state index is -0.873. The average Bonchev–Trinajstić information content (AvgIpc) is 3.17. The van der Waals surface area contributed by atoms with Gasteiger partial charge in [-0.05, 0) is 35.9 Å². The van der Waals surface area contributed by atoms with Crippen molar-refractivity contribution in [2.75, 3.05) is 32.8 Å². The predicted octanol–water partition coefficient (Wildman–Crippen LogP) is 2.41. The van der Waals surface area contributed by atoms with E-state index in [1.807, 2.05) is 29.2 Å². The van der Waals surface area contributed by atoms with Gasteiger partial charge in [0.25, 0.3) is 0 Å². The fourth-order valence-electron chi connectivity index (χ4n) is 3.96. The molecule has 2 aromatic heterocycles. The third-order valence-electron chi connectivity index (χ3n) is 5.44. The van der Waals surface area contributed by atoms with E-state index < -0.39 is 12.0 Å². The van der Waals surface area contributed by atoms with E-state index in [0.717, 1.165) is 30.5 Å². The van der Waals surface area contributed by atoms with Crippen LogP contribution >= 0.6 is 0 Å². The first kappa shape index (κ1) is 19.9. The Bertz CT molecular complexity index is 1050. The highest BCUT2D eigenvalue weighted by atomic mass is 16.5. The van der Waals surface area contributed by atoms with Crippen molar-refractivity contribution in [2.45, 2.75) is 12.6 Å². The normalized spacial score (nSPS) is 16.2. The number of aromatic amines is 1. The number of carbonyl (C=O) groups is 1. The third-order valence-corrected chi connectivity index (χ3v) is 5.44. The molecule has 0 spiro atoms. The number of aromatic nitrogens is 2. The molecule has 0 saturated carbocycles. The second-order valence-corrected chi connectivity index (χ2v) is 7.31. The Hall–Kier alpha value is -3.41. The van der Waals surface area contributed by atoms with E-state index in [1.54, 1.807) is 30.7 Å². The quantitative estimate of drug-likeness (QED) is 0.622. The molecule has 0 radical (unpaired) electrons. The van der Waals surface area contributed by atoms with Crippen LogP contribution in [-0.4, -0.2) is 63.6 Å². The molecular formula is C22H23N5O3. The molecule has 0 bridgehead atoms. The zero-order valence-electron chi connectivity index (χ0n) is 16.5. The number of nitriles is 1. The van der Waals surface area contributed by atoms with Crippen molar-refractivity contribution in [2.24, 2.45) is 0 Å². The number of nitrogens with one attached hydrogen (secondary N) is 1. The van der Waals surface area contributed by atoms with Crippen LogP contribution in [0.1, 0.15) is 17.2 Å². The lowest BCUT2D eigenvalue weighted by atomic mass is 10.0. The van der Waals surface area contributed by atoms with Gasteiger partial charge in [-0.3, -0.25) is 19.6 Å². The highest BCUT2D eigenvalue weighted by Crippen LogP contribution is 2.32. The molecule has 30 heavy (non-hydrogen) atoms. The molecule has 3 aromatic rings. The van der Waals surface area contributed by atoms with Crippen LogP contribution in [0.3, 0.4) is 0 Å². The number of hydrogen-bond acceptors (Lipinski definition) is 6. The van der Waals surface area contributed by atoms with Gasteiger partial charge in [-0.1, -0.05) is 0 Å². The van der Waals surface area contributed by atoms with Crippen molar-refractivity contribution >= 4 is 16.9 Å². The lowest BCUT2D eigenvalue weighted by Crippen LogP contribution is -2.48. The van der Waals surface area contributed by atoms with Gasteiger partial charge in [0.15, 0.2) is 6.61 Å². The Morgan fingerprint density at radius 2 is 2.00 bits per heavy atom. The highest BCUT2D eigenvalue weighted by Gasteiger charge is 2.32. The average molecular weight is 405 g/mol. The Labute approximate surface area is 174 Å². The van der Waals surface area contributed by atoms with Gasteiger partial charge < -0.3 is 14.8 Å². The molecule has 154 valence electrons. The maximum Gasteiger partial charge on any atom is 0.325 e. The smallest absolute Gasteiger partial charge is 0.325 e. The number of benzene rings is 1. The van der Waals surface area contributed by atoms with Crippen LogP contribution in [-0.2, 0) is 11.3 Å². The molecule has 3 heterocycles. The van der Waals surface area contributed by atoms with E-state index in [9.17, 15) is 9.90 Å². The molecule has 1 aliphatic heterocycles. The summed E-state index contributed by atoms with van der Waals surface area (Å²) >= 11 is 0. The number of piperazine rings is 1. The van der Waals surface area contributed by atoms with Crippen molar-refractivity contribution in [1.29, 1.82) is 5.26 Å². The van der Waals surface area contributed by atoms with Crippen molar-refractivity contribution in [1.82, 2.24) is 19.8 Å². The zero-order chi connectivity index (χ0) is 20.9. The molecule has 0 unspecified atom stereocenters. The van der Waals surface area contributed by atoms with Gasteiger partial charge in [-0.25, -0.2) is 0 Å². The number of aliphatic carboxylic acids is 1. The molecule has 0 aliphatic carbocycles. The largest absolute Gasteiger partial charge is 0.480 e. The first-order valence-corrected chi connectivity index (χ1v) is 9.84. The maximum absolute atomic E-state index is 12.2. The monoisotopic (exact) mass is 405 g/mol. The molecular weight excluding hydrogens is 382 g/mol. The maximum atomic E-state index is 12.2. The van der Waals surface area contributed by atoms with Gasteiger partial charge in [-0.15, -0.1) is 0 Å². The number of pyridine rings is 1. The lowest BCUT2D eigenvalue weighted by molar-refractivity contribution is -0.144. The second kappa shape index (κ2) is 8.95. The number of carboxylic acids is 1. The standard InChI is InChI=1S/C22H23N5O3/c23-5-12-30-17-1-2-20-18(13-17)19(14-25-20)21(22(28)29)27-10-8-26(9-11-27)15-16-3-6-24-7-4-16/h1-4,6-7,13-14,21,25H,8-12,15H2,(H,28,29)/t21-/m1/s1. The molecule has 8 nitrogen and oxygen atoms in total. The fraction of sp³-hybridized carbons (Fsp3) is 0.318. The Kier molecular flexibility index (Phi) is 5.93. The Morgan fingerprint density at radius 1 is 1.23 bits per heavy atom. The molecule has 1 aliphatic rings. The number of rotatable bonds is 7. The van der Waals surface area contributed by atoms with Crippen LogP contribution in [0.5, 0.6) is 5.75 Å². The number of H-pyrrole nitrogens is 1. The van der Waals surface area contributed by atoms with Crippen molar-refractivity contribution in [3.8, 4) is 11.8 Å². The molecule has 1 fully saturated rings. The van der Waals surface area contributed by atoms with Gasteiger partial charge in [0, 0.05) is 67.8 Å². The van der Waals surface area contributed by atoms with E-state index in [0.29, 0.717) is 24.4 Å². The molecule has 1 saturated heterocycles. The molecule has 1 atom stereocenters. The number of hydrogen-bond donors (Lipinski definition) is 2. The van der Waals surface area contributed by atoms with E-state index in [1.165, 1.54) is 5.56 Å². The first-order valence-electron chi connectivity index (χ1n) is 9.84. The summed E-state index contributed by atoms with van der Waals surface area (Å²) in [6.07, 6.45) is 5.34. The minimum absolute atomic E-state index is 0.0486. The first-order chi connectivity index (χ1) is 14.7.